The first-order chi connectivity index (χ1) is 16.1. The second-order valence-electron chi connectivity index (χ2n) is 7.08. The van der Waals surface area contributed by atoms with Crippen LogP contribution in [0.1, 0.15) is 5.56 Å². The van der Waals surface area contributed by atoms with Crippen LogP contribution in [0.15, 0.2) is 69.9 Å². The highest BCUT2D eigenvalue weighted by atomic mass is 32.2. The number of para-hydroxylation sites is 2. The molecule has 0 saturated carbocycles. The van der Waals surface area contributed by atoms with E-state index in [-0.39, 0.29) is 17.2 Å². The van der Waals surface area contributed by atoms with Crippen LogP contribution < -0.4 is 20.3 Å². The van der Waals surface area contributed by atoms with Crippen LogP contribution in [0.5, 0.6) is 11.5 Å². The summed E-state index contributed by atoms with van der Waals surface area (Å²) in [5.74, 6) is 1.37. The number of benzene rings is 2. The Morgan fingerprint density at radius 2 is 1.88 bits per heavy atom. The highest BCUT2D eigenvalue weighted by Gasteiger charge is 2.18. The van der Waals surface area contributed by atoms with E-state index in [0.717, 1.165) is 11.3 Å². The zero-order valence-corrected chi connectivity index (χ0v) is 19.9. The normalized spacial score (nSPS) is 10.8. The number of carbonyl (C=O) groups is 1. The van der Waals surface area contributed by atoms with Crippen LogP contribution in [0.3, 0.4) is 0 Å². The molecule has 1 amide bonds. The number of hydrogen-bond acceptors (Lipinski definition) is 7. The topological polar surface area (TPSA) is 82.5 Å². The van der Waals surface area contributed by atoms with Crippen molar-refractivity contribution in [3.05, 3.63) is 75.9 Å². The lowest BCUT2D eigenvalue weighted by Gasteiger charge is -2.14. The van der Waals surface area contributed by atoms with E-state index in [2.05, 4.69) is 10.3 Å². The molecule has 9 heteroatoms. The lowest BCUT2D eigenvalue weighted by Crippen LogP contribution is -2.28. The van der Waals surface area contributed by atoms with Gasteiger partial charge in [-0.05, 0) is 47.7 Å². The van der Waals surface area contributed by atoms with Crippen molar-refractivity contribution in [3.63, 3.8) is 0 Å². The van der Waals surface area contributed by atoms with Crippen LogP contribution >= 0.6 is 23.1 Å². The van der Waals surface area contributed by atoms with Crippen molar-refractivity contribution in [1.82, 2.24) is 14.9 Å². The zero-order valence-electron chi connectivity index (χ0n) is 18.2. The number of fused-ring (bicyclic) bond motifs is 1. The molecule has 2 heterocycles. The minimum absolute atomic E-state index is 0.125. The average Bonchev–Trinajstić information content (AvgIpc) is 3.32. The molecule has 2 aromatic carbocycles. The lowest BCUT2D eigenvalue weighted by atomic mass is 10.1. The van der Waals surface area contributed by atoms with Crippen molar-refractivity contribution in [3.8, 4) is 17.2 Å². The molecular weight excluding hydrogens is 458 g/mol. The maximum absolute atomic E-state index is 13.3. The van der Waals surface area contributed by atoms with Crippen LogP contribution in [0, 0.1) is 0 Å². The van der Waals surface area contributed by atoms with Crippen LogP contribution in [0.4, 0.5) is 0 Å². The van der Waals surface area contributed by atoms with Crippen LogP contribution in [0.2, 0.25) is 0 Å². The fraction of sp³-hybridized carbons (Fsp3) is 0.208. The quantitative estimate of drug-likeness (QED) is 0.288. The predicted octanol–water partition coefficient (Wildman–Crippen LogP) is 3.92. The molecule has 7 nitrogen and oxygen atoms in total. The second kappa shape index (κ2) is 10.5. The van der Waals surface area contributed by atoms with E-state index in [9.17, 15) is 9.59 Å². The fourth-order valence-corrected chi connectivity index (χ4v) is 4.93. The van der Waals surface area contributed by atoms with Gasteiger partial charge in [0.2, 0.25) is 5.91 Å². The van der Waals surface area contributed by atoms with E-state index >= 15 is 0 Å². The molecule has 0 saturated heterocycles. The van der Waals surface area contributed by atoms with Gasteiger partial charge in [-0.25, -0.2) is 4.98 Å². The second-order valence-corrected chi connectivity index (χ2v) is 8.94. The smallest absolute Gasteiger partial charge is 0.276 e. The van der Waals surface area contributed by atoms with Gasteiger partial charge in [-0.15, -0.1) is 11.3 Å². The predicted molar refractivity (Wildman–Crippen MR) is 132 cm³/mol. The molecule has 0 spiro atoms. The van der Waals surface area contributed by atoms with Crippen molar-refractivity contribution in [2.75, 3.05) is 26.5 Å². The standard InChI is InChI=1S/C24H23N3O4S2/c1-30-17-9-7-16(8-10-17)11-13-25-21(28)15-33-24-26-18-12-14-32-22(18)23(29)27(24)19-5-3-4-6-20(19)31-2/h3-10,12,14H,11,13,15H2,1-2H3,(H,25,28). The van der Waals surface area contributed by atoms with E-state index in [4.69, 9.17) is 9.47 Å². The molecule has 0 atom stereocenters. The molecule has 170 valence electrons. The van der Waals surface area contributed by atoms with Gasteiger partial charge in [-0.3, -0.25) is 14.2 Å². The van der Waals surface area contributed by atoms with Gasteiger partial charge in [-0.1, -0.05) is 36.0 Å². The molecule has 4 aromatic rings. The summed E-state index contributed by atoms with van der Waals surface area (Å²) < 4.78 is 12.7. The van der Waals surface area contributed by atoms with E-state index in [1.54, 1.807) is 26.4 Å². The van der Waals surface area contributed by atoms with Gasteiger partial charge in [0.15, 0.2) is 5.16 Å². The van der Waals surface area contributed by atoms with Gasteiger partial charge in [0.1, 0.15) is 16.2 Å². The number of rotatable bonds is 9. The van der Waals surface area contributed by atoms with E-state index in [0.29, 0.717) is 39.8 Å². The zero-order chi connectivity index (χ0) is 23.2. The Kier molecular flexibility index (Phi) is 7.31. The number of thiophene rings is 1. The van der Waals surface area contributed by atoms with Gasteiger partial charge >= 0.3 is 0 Å². The van der Waals surface area contributed by atoms with Gasteiger partial charge in [0.05, 0.1) is 31.2 Å². The van der Waals surface area contributed by atoms with Gasteiger partial charge in [0, 0.05) is 6.54 Å². The maximum Gasteiger partial charge on any atom is 0.276 e. The molecule has 0 aliphatic rings. The lowest BCUT2D eigenvalue weighted by molar-refractivity contribution is -0.118. The minimum atomic E-state index is -0.179. The van der Waals surface area contributed by atoms with Crippen molar-refractivity contribution in [1.29, 1.82) is 0 Å². The van der Waals surface area contributed by atoms with Crippen molar-refractivity contribution in [2.45, 2.75) is 11.6 Å². The Bertz CT molecular complexity index is 1320. The van der Waals surface area contributed by atoms with Crippen LogP contribution in [-0.2, 0) is 11.2 Å². The molecule has 4 rings (SSSR count). The van der Waals surface area contributed by atoms with Gasteiger partial charge in [-0.2, -0.15) is 0 Å². The first kappa shape index (κ1) is 22.9. The number of ether oxygens (including phenoxy) is 2. The molecule has 2 aromatic heterocycles. The van der Waals surface area contributed by atoms with Gasteiger partial charge < -0.3 is 14.8 Å². The number of methoxy groups -OCH3 is 2. The Morgan fingerprint density at radius 3 is 2.64 bits per heavy atom. The third-order valence-electron chi connectivity index (χ3n) is 5.00. The van der Waals surface area contributed by atoms with Crippen LogP contribution in [-0.4, -0.2) is 42.0 Å². The summed E-state index contributed by atoms with van der Waals surface area (Å²) >= 11 is 2.57. The number of amides is 1. The number of hydrogen-bond donors (Lipinski definition) is 1. The molecule has 1 N–H and O–H groups in total. The number of thioether (sulfide) groups is 1. The number of nitrogens with one attached hydrogen (secondary N) is 1. The Hall–Kier alpha value is -3.30. The fourth-order valence-electron chi connectivity index (χ4n) is 3.34. The maximum atomic E-state index is 13.3. The molecule has 0 aliphatic carbocycles. The molecule has 0 aliphatic heterocycles. The molecule has 33 heavy (non-hydrogen) atoms. The first-order valence-corrected chi connectivity index (χ1v) is 12.1. The SMILES string of the molecule is COc1ccc(CCNC(=O)CSc2nc3ccsc3c(=O)n2-c2ccccc2OC)cc1. The highest BCUT2D eigenvalue weighted by Crippen LogP contribution is 2.28. The summed E-state index contributed by atoms with van der Waals surface area (Å²) in [6.45, 7) is 0.516. The largest absolute Gasteiger partial charge is 0.497 e. The third kappa shape index (κ3) is 5.20. The summed E-state index contributed by atoms with van der Waals surface area (Å²) in [6.07, 6.45) is 0.714. The Balaban J connectivity index is 1.48. The summed E-state index contributed by atoms with van der Waals surface area (Å²) in [5.41, 5.74) is 2.15. The molecule has 0 radical (unpaired) electrons. The Labute approximate surface area is 199 Å². The van der Waals surface area contributed by atoms with E-state index in [1.807, 2.05) is 47.8 Å². The van der Waals surface area contributed by atoms with Crippen molar-refractivity contribution >= 4 is 39.2 Å². The third-order valence-corrected chi connectivity index (χ3v) is 6.83. The van der Waals surface area contributed by atoms with Crippen molar-refractivity contribution in [2.24, 2.45) is 0 Å². The van der Waals surface area contributed by atoms with Crippen molar-refractivity contribution < 1.29 is 14.3 Å². The number of nitrogens with zero attached hydrogens (tertiary/aromatic N) is 2. The average molecular weight is 482 g/mol. The molecular formula is C24H23N3O4S2. The highest BCUT2D eigenvalue weighted by molar-refractivity contribution is 7.99. The van der Waals surface area contributed by atoms with E-state index < -0.39 is 0 Å². The summed E-state index contributed by atoms with van der Waals surface area (Å²) in [5, 5.41) is 5.21. The Morgan fingerprint density at radius 1 is 1.09 bits per heavy atom. The van der Waals surface area contributed by atoms with Gasteiger partial charge in [0.25, 0.3) is 5.56 Å². The number of aromatic nitrogens is 2. The summed E-state index contributed by atoms with van der Waals surface area (Å²) in [7, 11) is 3.19. The van der Waals surface area contributed by atoms with Crippen LogP contribution in [0.25, 0.3) is 15.9 Å². The number of carbonyl (C=O) groups excluding carboxylic acids is 1. The molecule has 0 bridgehead atoms. The monoisotopic (exact) mass is 481 g/mol. The van der Waals surface area contributed by atoms with E-state index in [1.165, 1.54) is 27.7 Å². The first-order valence-electron chi connectivity index (χ1n) is 10.3. The minimum Gasteiger partial charge on any atom is -0.497 e. The molecule has 0 unspecified atom stereocenters. The molecule has 0 fully saturated rings. The summed E-state index contributed by atoms with van der Waals surface area (Å²) in [4.78, 5) is 30.4. The summed E-state index contributed by atoms with van der Waals surface area (Å²) in [6, 6.07) is 16.8.